The van der Waals surface area contributed by atoms with Crippen molar-refractivity contribution >= 4 is 10.0 Å². The van der Waals surface area contributed by atoms with Gasteiger partial charge < -0.3 is 4.74 Å². The molecule has 132 valence electrons. The Bertz CT molecular complexity index is 831. The molecule has 0 spiro atoms. The van der Waals surface area contributed by atoms with Gasteiger partial charge in [-0.15, -0.1) is 0 Å². The van der Waals surface area contributed by atoms with Crippen LogP contribution in [0.1, 0.15) is 18.0 Å². The molecule has 6 heteroatoms. The first-order valence-corrected chi connectivity index (χ1v) is 10.1. The zero-order chi connectivity index (χ0) is 17.3. The van der Waals surface area contributed by atoms with Gasteiger partial charge in [0.1, 0.15) is 5.75 Å². The maximum absolute atomic E-state index is 12.8. The Kier molecular flexibility index (Phi) is 4.50. The van der Waals surface area contributed by atoms with E-state index in [1.54, 1.807) is 28.6 Å². The molecule has 1 saturated heterocycles. The quantitative estimate of drug-likeness (QED) is 0.846. The molecule has 0 radical (unpaired) electrons. The molecule has 2 aromatic rings. The number of fused-ring (bicyclic) bond motifs is 1. The molecule has 2 heterocycles. The molecular formula is C19H22N2O3S. The molecule has 0 amide bonds. The van der Waals surface area contributed by atoms with Crippen LogP contribution in [0.15, 0.2) is 59.5 Å². The molecule has 2 aliphatic rings. The molecular weight excluding hydrogens is 336 g/mol. The monoisotopic (exact) mass is 358 g/mol. The highest BCUT2D eigenvalue weighted by molar-refractivity contribution is 7.89. The number of sulfonamides is 1. The summed E-state index contributed by atoms with van der Waals surface area (Å²) in [5, 5.41) is 0. The van der Waals surface area contributed by atoms with E-state index < -0.39 is 10.0 Å². The fraction of sp³-hybridized carbons (Fsp3) is 0.368. The average molecular weight is 358 g/mol. The lowest BCUT2D eigenvalue weighted by atomic mass is 9.98. The molecule has 2 aromatic carbocycles. The van der Waals surface area contributed by atoms with E-state index in [0.717, 1.165) is 25.3 Å². The second-order valence-electron chi connectivity index (χ2n) is 6.44. The van der Waals surface area contributed by atoms with Gasteiger partial charge in [-0.2, -0.15) is 4.31 Å². The van der Waals surface area contributed by atoms with Gasteiger partial charge in [-0.05, 0) is 18.2 Å². The van der Waals surface area contributed by atoms with Crippen molar-refractivity contribution in [3.05, 3.63) is 60.2 Å². The van der Waals surface area contributed by atoms with E-state index in [9.17, 15) is 8.42 Å². The van der Waals surface area contributed by atoms with Gasteiger partial charge in [0.2, 0.25) is 10.0 Å². The first-order valence-electron chi connectivity index (χ1n) is 8.67. The molecule has 0 saturated carbocycles. The summed E-state index contributed by atoms with van der Waals surface area (Å²) in [6.45, 7) is 3.24. The highest BCUT2D eigenvalue weighted by Crippen LogP contribution is 2.36. The minimum Gasteiger partial charge on any atom is -0.493 e. The predicted molar refractivity (Wildman–Crippen MR) is 96.1 cm³/mol. The molecule has 4 rings (SSSR count). The van der Waals surface area contributed by atoms with E-state index in [1.807, 2.05) is 24.3 Å². The maximum atomic E-state index is 12.8. The normalized spacial score (nSPS) is 22.2. The molecule has 1 unspecified atom stereocenters. The van der Waals surface area contributed by atoms with Crippen molar-refractivity contribution in [2.75, 3.05) is 32.8 Å². The lowest BCUT2D eigenvalue weighted by molar-refractivity contribution is 0.103. The standard InChI is InChI=1S/C19H22N2O3S/c22-25(23,16-6-2-1-3-7-16)21-13-11-20(12-14-21)18-10-15-24-19-9-5-4-8-17(18)19/h1-9,18H,10-15H2. The van der Waals surface area contributed by atoms with Crippen LogP contribution < -0.4 is 4.74 Å². The van der Waals surface area contributed by atoms with Gasteiger partial charge in [-0.25, -0.2) is 8.42 Å². The van der Waals surface area contributed by atoms with Crippen LogP contribution in [0.25, 0.3) is 0 Å². The molecule has 1 atom stereocenters. The summed E-state index contributed by atoms with van der Waals surface area (Å²) in [7, 11) is -3.39. The van der Waals surface area contributed by atoms with Crippen LogP contribution in [0.3, 0.4) is 0 Å². The Morgan fingerprint density at radius 3 is 2.32 bits per heavy atom. The summed E-state index contributed by atoms with van der Waals surface area (Å²) < 4.78 is 32.9. The van der Waals surface area contributed by atoms with Gasteiger partial charge >= 0.3 is 0 Å². The first kappa shape index (κ1) is 16.6. The summed E-state index contributed by atoms with van der Waals surface area (Å²) in [6, 6.07) is 17.2. The van der Waals surface area contributed by atoms with Crippen molar-refractivity contribution < 1.29 is 13.2 Å². The molecule has 0 aromatic heterocycles. The second kappa shape index (κ2) is 6.78. The number of hydrogen-bond acceptors (Lipinski definition) is 4. The van der Waals surface area contributed by atoms with Crippen molar-refractivity contribution in [2.24, 2.45) is 0 Å². The lowest BCUT2D eigenvalue weighted by Gasteiger charge is -2.40. The van der Waals surface area contributed by atoms with Gasteiger partial charge in [0.25, 0.3) is 0 Å². The molecule has 25 heavy (non-hydrogen) atoms. The van der Waals surface area contributed by atoms with Crippen LogP contribution in [0.5, 0.6) is 5.75 Å². The third-order valence-corrected chi connectivity index (χ3v) is 6.93. The topological polar surface area (TPSA) is 49.9 Å². The minimum absolute atomic E-state index is 0.312. The van der Waals surface area contributed by atoms with E-state index in [0.29, 0.717) is 30.6 Å². The maximum Gasteiger partial charge on any atom is 0.243 e. The molecule has 0 bridgehead atoms. The lowest BCUT2D eigenvalue weighted by Crippen LogP contribution is -2.50. The number of nitrogens with zero attached hydrogens (tertiary/aromatic N) is 2. The SMILES string of the molecule is O=S(=O)(c1ccccc1)N1CCN(C2CCOc3ccccc32)CC1. The summed E-state index contributed by atoms with van der Waals surface area (Å²) in [4.78, 5) is 2.76. The Balaban J connectivity index is 1.48. The number of para-hydroxylation sites is 1. The van der Waals surface area contributed by atoms with E-state index in [-0.39, 0.29) is 0 Å². The van der Waals surface area contributed by atoms with Gasteiger partial charge in [0.15, 0.2) is 0 Å². The smallest absolute Gasteiger partial charge is 0.243 e. The molecule has 1 fully saturated rings. The van der Waals surface area contributed by atoms with Gasteiger partial charge in [0.05, 0.1) is 11.5 Å². The van der Waals surface area contributed by atoms with Crippen LogP contribution in [0.4, 0.5) is 0 Å². The summed E-state index contributed by atoms with van der Waals surface area (Å²) in [5.74, 6) is 0.957. The van der Waals surface area contributed by atoms with Crippen molar-refractivity contribution in [3.63, 3.8) is 0 Å². The van der Waals surface area contributed by atoms with Gasteiger partial charge in [-0.1, -0.05) is 36.4 Å². The fourth-order valence-electron chi connectivity index (χ4n) is 3.70. The fourth-order valence-corrected chi connectivity index (χ4v) is 5.14. The Labute approximate surface area is 148 Å². The number of hydrogen-bond donors (Lipinski definition) is 0. The van der Waals surface area contributed by atoms with Crippen LogP contribution in [0.2, 0.25) is 0 Å². The summed E-state index contributed by atoms with van der Waals surface area (Å²) in [6.07, 6.45) is 0.947. The minimum atomic E-state index is -3.39. The Morgan fingerprint density at radius 1 is 0.880 bits per heavy atom. The molecule has 5 nitrogen and oxygen atoms in total. The second-order valence-corrected chi connectivity index (χ2v) is 8.38. The number of rotatable bonds is 3. The van der Waals surface area contributed by atoms with Crippen molar-refractivity contribution in [1.29, 1.82) is 0 Å². The van der Waals surface area contributed by atoms with Crippen LogP contribution in [-0.4, -0.2) is 50.4 Å². The van der Waals surface area contributed by atoms with Gasteiger partial charge in [-0.3, -0.25) is 4.90 Å². The van der Waals surface area contributed by atoms with E-state index in [2.05, 4.69) is 11.0 Å². The predicted octanol–water partition coefficient (Wildman–Crippen LogP) is 2.52. The average Bonchev–Trinajstić information content (AvgIpc) is 2.68. The summed E-state index contributed by atoms with van der Waals surface area (Å²) >= 11 is 0. The third kappa shape index (κ3) is 3.17. The number of benzene rings is 2. The third-order valence-electron chi connectivity index (χ3n) is 5.02. The Morgan fingerprint density at radius 2 is 1.56 bits per heavy atom. The van der Waals surface area contributed by atoms with Crippen molar-refractivity contribution in [2.45, 2.75) is 17.4 Å². The van der Waals surface area contributed by atoms with Crippen LogP contribution in [-0.2, 0) is 10.0 Å². The largest absolute Gasteiger partial charge is 0.493 e. The number of ether oxygens (including phenoxy) is 1. The Hall–Kier alpha value is -1.89. The summed E-state index contributed by atoms with van der Waals surface area (Å²) in [5.41, 5.74) is 1.22. The molecule has 2 aliphatic heterocycles. The zero-order valence-electron chi connectivity index (χ0n) is 14.0. The van der Waals surface area contributed by atoms with Crippen molar-refractivity contribution in [3.8, 4) is 5.75 Å². The van der Waals surface area contributed by atoms with E-state index >= 15 is 0 Å². The van der Waals surface area contributed by atoms with Crippen LogP contribution >= 0.6 is 0 Å². The number of piperazine rings is 1. The van der Waals surface area contributed by atoms with Crippen LogP contribution in [0, 0.1) is 0 Å². The zero-order valence-corrected chi connectivity index (χ0v) is 14.9. The highest BCUT2D eigenvalue weighted by Gasteiger charge is 2.33. The highest BCUT2D eigenvalue weighted by atomic mass is 32.2. The first-order chi connectivity index (χ1) is 12.2. The van der Waals surface area contributed by atoms with E-state index in [4.69, 9.17) is 4.74 Å². The molecule has 0 aliphatic carbocycles. The molecule has 0 N–H and O–H groups in total. The van der Waals surface area contributed by atoms with Gasteiger partial charge in [0, 0.05) is 44.2 Å². The van der Waals surface area contributed by atoms with E-state index in [1.165, 1.54) is 5.56 Å². The van der Waals surface area contributed by atoms with Crippen molar-refractivity contribution in [1.82, 2.24) is 9.21 Å².